The van der Waals surface area contributed by atoms with E-state index in [4.69, 9.17) is 14.2 Å². The second-order valence-corrected chi connectivity index (χ2v) is 18.2. The lowest BCUT2D eigenvalue weighted by atomic mass is 10.00. The van der Waals surface area contributed by atoms with Crippen LogP contribution in [0.25, 0.3) is 0 Å². The third-order valence-corrected chi connectivity index (χ3v) is 11.8. The van der Waals surface area contributed by atoms with E-state index in [0.717, 1.165) is 69.6 Å². The predicted octanol–water partition coefficient (Wildman–Crippen LogP) is 16.1. The summed E-state index contributed by atoms with van der Waals surface area (Å²) in [6.45, 7) is 11.3. The molecule has 0 N–H and O–H groups in total. The highest BCUT2D eigenvalue weighted by Gasteiger charge is 2.19. The summed E-state index contributed by atoms with van der Waals surface area (Å²) in [5.41, 5.74) is 0. The number of carbonyl (C=O) groups excluding carboxylic acids is 3. The van der Waals surface area contributed by atoms with Gasteiger partial charge < -0.3 is 14.2 Å². The van der Waals surface area contributed by atoms with Crippen LogP contribution in [0.1, 0.15) is 279 Å². The quantitative estimate of drug-likeness (QED) is 0.0346. The summed E-state index contributed by atoms with van der Waals surface area (Å²) in [6, 6.07) is 0. The lowest BCUT2D eigenvalue weighted by Gasteiger charge is -2.18. The van der Waals surface area contributed by atoms with Gasteiger partial charge in [0.05, 0.1) is 0 Å². The van der Waals surface area contributed by atoms with Gasteiger partial charge in [-0.25, -0.2) is 0 Å². The van der Waals surface area contributed by atoms with E-state index in [1.165, 1.54) is 167 Å². The van der Waals surface area contributed by atoms with E-state index in [9.17, 15) is 14.4 Å². The molecule has 0 amide bonds. The average molecular weight is 807 g/mol. The monoisotopic (exact) mass is 807 g/mol. The number of unbranched alkanes of at least 4 members (excludes halogenated alkanes) is 29. The Bertz CT molecular complexity index is 872. The van der Waals surface area contributed by atoms with E-state index in [-0.39, 0.29) is 31.1 Å². The minimum atomic E-state index is -0.762. The fourth-order valence-corrected chi connectivity index (χ4v) is 7.60. The zero-order chi connectivity index (χ0) is 41.9. The Hall–Kier alpha value is -1.59. The maximum Gasteiger partial charge on any atom is 0.306 e. The molecule has 0 radical (unpaired) electrons. The number of hydrogen-bond donors (Lipinski definition) is 0. The molecule has 0 bridgehead atoms. The topological polar surface area (TPSA) is 78.9 Å². The standard InChI is InChI=1S/C51H98O6/c1-6-8-9-10-11-12-13-14-15-16-17-18-19-20-21-25-31-36-41-49(52)55-44-48(45-56-50(53)42-37-32-28-27-30-35-40-47(5)7-2)57-51(54)43-38-33-26-23-22-24-29-34-39-46(3)4/h46-48H,6-45H2,1-5H3/t47?,48-/m1/s1. The minimum absolute atomic E-state index is 0.0651. The SMILES string of the molecule is CCCCCCCCCCCCCCCCCCCCC(=O)OC[C@H](COC(=O)CCCCCCCCC(C)CC)OC(=O)CCCCCCCCCCC(C)C. The normalized spacial score (nSPS) is 12.5. The molecule has 0 spiro atoms. The van der Waals surface area contributed by atoms with Crippen molar-refractivity contribution in [3.8, 4) is 0 Å². The van der Waals surface area contributed by atoms with Gasteiger partial charge in [0.25, 0.3) is 0 Å². The molecule has 0 aromatic rings. The lowest BCUT2D eigenvalue weighted by Crippen LogP contribution is -2.30. The van der Waals surface area contributed by atoms with Gasteiger partial charge in [0.1, 0.15) is 13.2 Å². The largest absolute Gasteiger partial charge is 0.462 e. The molecule has 1 unspecified atom stereocenters. The van der Waals surface area contributed by atoms with Crippen LogP contribution in [0.3, 0.4) is 0 Å². The number of carbonyl (C=O) groups is 3. The summed E-state index contributed by atoms with van der Waals surface area (Å²) >= 11 is 0. The van der Waals surface area contributed by atoms with Crippen LogP contribution >= 0.6 is 0 Å². The van der Waals surface area contributed by atoms with Crippen LogP contribution in [-0.2, 0) is 28.6 Å². The Morgan fingerprint density at radius 1 is 0.368 bits per heavy atom. The van der Waals surface area contributed by atoms with Crippen LogP contribution < -0.4 is 0 Å². The highest BCUT2D eigenvalue weighted by atomic mass is 16.6. The third kappa shape index (κ3) is 43.8. The molecule has 0 rings (SSSR count). The molecular weight excluding hydrogens is 709 g/mol. The molecule has 57 heavy (non-hydrogen) atoms. The van der Waals surface area contributed by atoms with Gasteiger partial charge in [0.15, 0.2) is 6.10 Å². The fraction of sp³-hybridized carbons (Fsp3) is 0.941. The summed E-state index contributed by atoms with van der Waals surface area (Å²) < 4.78 is 16.8. The van der Waals surface area contributed by atoms with Gasteiger partial charge in [0, 0.05) is 19.3 Å². The van der Waals surface area contributed by atoms with E-state index in [0.29, 0.717) is 19.3 Å². The molecular formula is C51H98O6. The van der Waals surface area contributed by atoms with Crippen LogP contribution in [0.4, 0.5) is 0 Å². The fourth-order valence-electron chi connectivity index (χ4n) is 7.60. The van der Waals surface area contributed by atoms with Crippen molar-refractivity contribution in [3.05, 3.63) is 0 Å². The van der Waals surface area contributed by atoms with E-state index in [1.807, 2.05) is 0 Å². The van der Waals surface area contributed by atoms with Gasteiger partial charge in [-0.2, -0.15) is 0 Å². The van der Waals surface area contributed by atoms with Gasteiger partial charge in [0.2, 0.25) is 0 Å². The Labute approximate surface area is 355 Å². The average Bonchev–Trinajstić information content (AvgIpc) is 3.19. The lowest BCUT2D eigenvalue weighted by molar-refractivity contribution is -0.167. The van der Waals surface area contributed by atoms with Crippen LogP contribution in [0.15, 0.2) is 0 Å². The first-order valence-electron chi connectivity index (χ1n) is 25.3. The summed E-state index contributed by atoms with van der Waals surface area (Å²) in [5, 5.41) is 0. The molecule has 0 aromatic carbocycles. The molecule has 0 aliphatic carbocycles. The second kappa shape index (κ2) is 44.0. The Morgan fingerprint density at radius 3 is 1.00 bits per heavy atom. The maximum atomic E-state index is 12.7. The highest BCUT2D eigenvalue weighted by molar-refractivity contribution is 5.71. The molecule has 338 valence electrons. The van der Waals surface area contributed by atoms with Gasteiger partial charge >= 0.3 is 17.9 Å². The van der Waals surface area contributed by atoms with Crippen molar-refractivity contribution in [3.63, 3.8) is 0 Å². The van der Waals surface area contributed by atoms with Gasteiger partial charge in [-0.15, -0.1) is 0 Å². The zero-order valence-electron chi connectivity index (χ0n) is 39.0. The van der Waals surface area contributed by atoms with E-state index >= 15 is 0 Å². The predicted molar refractivity (Wildman–Crippen MR) is 243 cm³/mol. The van der Waals surface area contributed by atoms with Crippen molar-refractivity contribution in [1.29, 1.82) is 0 Å². The molecule has 6 heteroatoms. The Kier molecular flexibility index (Phi) is 42.7. The first-order chi connectivity index (χ1) is 27.8. The Morgan fingerprint density at radius 2 is 0.667 bits per heavy atom. The smallest absolute Gasteiger partial charge is 0.306 e. The molecule has 0 aromatic heterocycles. The highest BCUT2D eigenvalue weighted by Crippen LogP contribution is 2.17. The van der Waals surface area contributed by atoms with Crippen molar-refractivity contribution in [2.75, 3.05) is 13.2 Å². The van der Waals surface area contributed by atoms with Crippen molar-refractivity contribution in [1.82, 2.24) is 0 Å². The zero-order valence-corrected chi connectivity index (χ0v) is 39.0. The first-order valence-corrected chi connectivity index (χ1v) is 25.3. The van der Waals surface area contributed by atoms with E-state index in [1.54, 1.807) is 0 Å². The molecule has 0 fully saturated rings. The van der Waals surface area contributed by atoms with Crippen LogP contribution in [0.5, 0.6) is 0 Å². The van der Waals surface area contributed by atoms with Crippen LogP contribution in [0, 0.1) is 11.8 Å². The number of esters is 3. The molecule has 0 saturated carbocycles. The molecule has 2 atom stereocenters. The molecule has 0 aliphatic rings. The molecule has 0 aliphatic heterocycles. The summed E-state index contributed by atoms with van der Waals surface area (Å²) in [7, 11) is 0. The third-order valence-electron chi connectivity index (χ3n) is 11.8. The van der Waals surface area contributed by atoms with Gasteiger partial charge in [-0.1, -0.05) is 240 Å². The van der Waals surface area contributed by atoms with Crippen molar-refractivity contribution < 1.29 is 28.6 Å². The van der Waals surface area contributed by atoms with Crippen LogP contribution in [0.2, 0.25) is 0 Å². The first kappa shape index (κ1) is 55.4. The maximum absolute atomic E-state index is 12.7. The van der Waals surface area contributed by atoms with E-state index in [2.05, 4.69) is 34.6 Å². The number of ether oxygens (including phenoxy) is 3. The molecule has 0 heterocycles. The van der Waals surface area contributed by atoms with Gasteiger partial charge in [-0.05, 0) is 31.1 Å². The molecule has 6 nitrogen and oxygen atoms in total. The summed E-state index contributed by atoms with van der Waals surface area (Å²) in [4.78, 5) is 37.8. The van der Waals surface area contributed by atoms with Crippen LogP contribution in [-0.4, -0.2) is 37.2 Å². The van der Waals surface area contributed by atoms with Gasteiger partial charge in [-0.3, -0.25) is 14.4 Å². The number of rotatable bonds is 45. The molecule has 0 saturated heterocycles. The second-order valence-electron chi connectivity index (χ2n) is 18.2. The van der Waals surface area contributed by atoms with E-state index < -0.39 is 6.10 Å². The number of hydrogen-bond acceptors (Lipinski definition) is 6. The summed E-state index contributed by atoms with van der Waals surface area (Å²) in [6.07, 6.45) is 43.9. The van der Waals surface area contributed by atoms with Crippen molar-refractivity contribution >= 4 is 17.9 Å². The summed E-state index contributed by atoms with van der Waals surface area (Å²) in [5.74, 6) is 0.751. The van der Waals surface area contributed by atoms with Crippen molar-refractivity contribution in [2.45, 2.75) is 285 Å². The van der Waals surface area contributed by atoms with Crippen molar-refractivity contribution in [2.24, 2.45) is 11.8 Å². The minimum Gasteiger partial charge on any atom is -0.462 e. The Balaban J connectivity index is 4.25.